The Morgan fingerprint density at radius 1 is 0.920 bits per heavy atom. The third-order valence-electron chi connectivity index (χ3n) is 4.22. The Bertz CT molecular complexity index is 956. The molecule has 0 aliphatic heterocycles. The van der Waals surface area contributed by atoms with Crippen LogP contribution in [-0.4, -0.2) is 20.1 Å². The van der Waals surface area contributed by atoms with Gasteiger partial charge in [-0.05, 0) is 54.5 Å². The van der Waals surface area contributed by atoms with E-state index in [0.29, 0.717) is 18.7 Å². The Morgan fingerprint density at radius 2 is 1.68 bits per heavy atom. The Labute approximate surface area is 144 Å². The van der Waals surface area contributed by atoms with E-state index in [1.807, 2.05) is 24.3 Å². The standard InChI is InChI=1S/C20H16FN3O/c21-16-5-1-13(2-6-16)18-19(14-9-11-22-12-10-14)24-20(23-18)15-3-7-17(25)8-4-15/h1,3-5,7-12,25H,2,6H2,(H,23,24). The second-order valence-corrected chi connectivity index (χ2v) is 5.90. The number of aromatic nitrogens is 3. The van der Waals surface area contributed by atoms with E-state index in [4.69, 9.17) is 4.98 Å². The molecule has 3 aromatic rings. The average Bonchev–Trinajstić information content (AvgIpc) is 3.09. The van der Waals surface area contributed by atoms with Crippen LogP contribution in [0.1, 0.15) is 18.5 Å². The highest BCUT2D eigenvalue weighted by atomic mass is 19.1. The first kappa shape index (κ1) is 15.3. The number of phenolic OH excluding ortho intramolecular Hbond substituents is 1. The van der Waals surface area contributed by atoms with E-state index in [2.05, 4.69) is 9.97 Å². The summed E-state index contributed by atoms with van der Waals surface area (Å²) >= 11 is 0. The molecule has 0 fully saturated rings. The third-order valence-corrected chi connectivity index (χ3v) is 4.22. The van der Waals surface area contributed by atoms with Crippen molar-refractivity contribution in [1.29, 1.82) is 0 Å². The lowest BCUT2D eigenvalue weighted by molar-refractivity contribution is 0.475. The molecule has 0 unspecified atom stereocenters. The van der Waals surface area contributed by atoms with Gasteiger partial charge < -0.3 is 10.1 Å². The molecule has 0 spiro atoms. The topological polar surface area (TPSA) is 61.8 Å². The molecule has 0 radical (unpaired) electrons. The van der Waals surface area contributed by atoms with Crippen LogP contribution in [0.15, 0.2) is 66.8 Å². The van der Waals surface area contributed by atoms with Gasteiger partial charge >= 0.3 is 0 Å². The molecule has 1 aromatic carbocycles. The number of imidazole rings is 1. The number of benzene rings is 1. The molecular formula is C20H16FN3O. The van der Waals surface area contributed by atoms with Crippen LogP contribution in [0.3, 0.4) is 0 Å². The predicted octanol–water partition coefficient (Wildman–Crippen LogP) is 4.87. The fourth-order valence-corrected chi connectivity index (χ4v) is 2.90. The molecule has 124 valence electrons. The maximum absolute atomic E-state index is 13.4. The van der Waals surface area contributed by atoms with Crippen molar-refractivity contribution in [2.24, 2.45) is 0 Å². The molecule has 2 N–H and O–H groups in total. The Kier molecular flexibility index (Phi) is 3.90. The molecule has 5 heteroatoms. The zero-order chi connectivity index (χ0) is 17.2. The summed E-state index contributed by atoms with van der Waals surface area (Å²) in [5, 5.41) is 9.48. The summed E-state index contributed by atoms with van der Waals surface area (Å²) in [6, 6.07) is 10.7. The second kappa shape index (κ2) is 6.36. The Morgan fingerprint density at radius 3 is 2.36 bits per heavy atom. The number of hydrogen-bond acceptors (Lipinski definition) is 3. The fourth-order valence-electron chi connectivity index (χ4n) is 2.90. The molecule has 2 aromatic heterocycles. The number of aromatic hydroxyl groups is 1. The van der Waals surface area contributed by atoms with Gasteiger partial charge in [-0.1, -0.05) is 6.08 Å². The molecule has 0 amide bonds. The first-order valence-corrected chi connectivity index (χ1v) is 8.06. The van der Waals surface area contributed by atoms with Crippen molar-refractivity contribution in [3.8, 4) is 28.4 Å². The summed E-state index contributed by atoms with van der Waals surface area (Å²) in [6.07, 6.45) is 7.76. The lowest BCUT2D eigenvalue weighted by atomic mass is 9.98. The number of pyridine rings is 1. The monoisotopic (exact) mass is 333 g/mol. The average molecular weight is 333 g/mol. The van der Waals surface area contributed by atoms with Crippen LogP contribution >= 0.6 is 0 Å². The van der Waals surface area contributed by atoms with E-state index in [0.717, 1.165) is 28.1 Å². The van der Waals surface area contributed by atoms with Crippen molar-refractivity contribution in [3.63, 3.8) is 0 Å². The zero-order valence-electron chi connectivity index (χ0n) is 13.4. The lowest BCUT2D eigenvalue weighted by Gasteiger charge is -2.10. The van der Waals surface area contributed by atoms with E-state index < -0.39 is 0 Å². The van der Waals surface area contributed by atoms with Crippen molar-refractivity contribution >= 4 is 5.57 Å². The van der Waals surface area contributed by atoms with Gasteiger partial charge in [-0.3, -0.25) is 4.98 Å². The number of H-pyrrole nitrogens is 1. The van der Waals surface area contributed by atoms with E-state index in [9.17, 15) is 9.50 Å². The summed E-state index contributed by atoms with van der Waals surface area (Å²) in [6.45, 7) is 0. The molecule has 0 saturated heterocycles. The number of halogens is 1. The maximum atomic E-state index is 13.4. The molecular weight excluding hydrogens is 317 g/mol. The SMILES string of the molecule is Oc1ccc(-c2nc(C3=CC=C(F)CC3)c(-c3ccncc3)[nH]2)cc1. The molecule has 2 heterocycles. The third kappa shape index (κ3) is 3.08. The molecule has 1 aliphatic rings. The van der Waals surface area contributed by atoms with Crippen molar-refractivity contribution in [1.82, 2.24) is 15.0 Å². The smallest absolute Gasteiger partial charge is 0.138 e. The van der Waals surface area contributed by atoms with Gasteiger partial charge in [-0.15, -0.1) is 0 Å². The molecule has 4 rings (SSSR count). The fraction of sp³-hybridized carbons (Fsp3) is 0.100. The molecule has 0 atom stereocenters. The molecule has 1 aliphatic carbocycles. The van der Waals surface area contributed by atoms with Gasteiger partial charge in [-0.2, -0.15) is 0 Å². The second-order valence-electron chi connectivity index (χ2n) is 5.90. The number of allylic oxidation sites excluding steroid dienone is 4. The van der Waals surface area contributed by atoms with Crippen molar-refractivity contribution in [2.75, 3.05) is 0 Å². The summed E-state index contributed by atoms with van der Waals surface area (Å²) in [7, 11) is 0. The molecule has 0 saturated carbocycles. The number of phenols is 1. The highest BCUT2D eigenvalue weighted by molar-refractivity contribution is 5.80. The van der Waals surface area contributed by atoms with Crippen molar-refractivity contribution in [2.45, 2.75) is 12.8 Å². The van der Waals surface area contributed by atoms with Crippen molar-refractivity contribution in [3.05, 3.63) is 72.5 Å². The maximum Gasteiger partial charge on any atom is 0.138 e. The van der Waals surface area contributed by atoms with Gasteiger partial charge in [0.15, 0.2) is 0 Å². The van der Waals surface area contributed by atoms with E-state index in [-0.39, 0.29) is 11.6 Å². The highest BCUT2D eigenvalue weighted by Gasteiger charge is 2.18. The van der Waals surface area contributed by atoms with E-state index in [1.165, 1.54) is 6.08 Å². The summed E-state index contributed by atoms with van der Waals surface area (Å²) in [5.41, 5.74) is 4.54. The van der Waals surface area contributed by atoms with Gasteiger partial charge in [0.1, 0.15) is 17.4 Å². The van der Waals surface area contributed by atoms with Gasteiger partial charge in [0.05, 0.1) is 11.4 Å². The van der Waals surface area contributed by atoms with Gasteiger partial charge in [0, 0.05) is 29.9 Å². The van der Waals surface area contributed by atoms with Crippen LogP contribution in [0.5, 0.6) is 5.75 Å². The van der Waals surface area contributed by atoms with Gasteiger partial charge in [0.25, 0.3) is 0 Å². The quantitative estimate of drug-likeness (QED) is 0.718. The molecule has 4 nitrogen and oxygen atoms in total. The number of hydrogen-bond donors (Lipinski definition) is 2. The number of nitrogens with zero attached hydrogens (tertiary/aromatic N) is 2. The van der Waals surface area contributed by atoms with Crippen LogP contribution in [0.25, 0.3) is 28.2 Å². The largest absolute Gasteiger partial charge is 0.508 e. The van der Waals surface area contributed by atoms with Crippen LogP contribution < -0.4 is 0 Å². The Hall–Kier alpha value is -3.21. The first-order chi connectivity index (χ1) is 12.2. The van der Waals surface area contributed by atoms with Crippen LogP contribution in [0, 0.1) is 0 Å². The predicted molar refractivity (Wildman–Crippen MR) is 95.3 cm³/mol. The zero-order valence-corrected chi connectivity index (χ0v) is 13.4. The van der Waals surface area contributed by atoms with Crippen LogP contribution in [0.2, 0.25) is 0 Å². The van der Waals surface area contributed by atoms with E-state index >= 15 is 0 Å². The number of nitrogens with one attached hydrogen (secondary N) is 1. The minimum atomic E-state index is -0.108. The van der Waals surface area contributed by atoms with Crippen molar-refractivity contribution < 1.29 is 9.50 Å². The number of rotatable bonds is 3. The lowest BCUT2D eigenvalue weighted by Crippen LogP contribution is -1.93. The highest BCUT2D eigenvalue weighted by Crippen LogP contribution is 2.34. The summed E-state index contributed by atoms with van der Waals surface area (Å²) in [5.74, 6) is 0.807. The first-order valence-electron chi connectivity index (χ1n) is 8.06. The number of aromatic amines is 1. The molecule has 0 bridgehead atoms. The minimum Gasteiger partial charge on any atom is -0.508 e. The van der Waals surface area contributed by atoms with Crippen LogP contribution in [0.4, 0.5) is 4.39 Å². The summed E-state index contributed by atoms with van der Waals surface area (Å²) < 4.78 is 13.4. The molecule has 25 heavy (non-hydrogen) atoms. The minimum absolute atomic E-state index is 0.108. The van der Waals surface area contributed by atoms with E-state index in [1.54, 1.807) is 30.6 Å². The normalized spacial score (nSPS) is 14.1. The van der Waals surface area contributed by atoms with Gasteiger partial charge in [-0.25, -0.2) is 9.37 Å². The van der Waals surface area contributed by atoms with Gasteiger partial charge in [0.2, 0.25) is 0 Å². The van der Waals surface area contributed by atoms with Crippen LogP contribution in [-0.2, 0) is 0 Å². The summed E-state index contributed by atoms with van der Waals surface area (Å²) in [4.78, 5) is 12.2. The Balaban J connectivity index is 1.85.